The van der Waals surface area contributed by atoms with Gasteiger partial charge in [0.15, 0.2) is 12.4 Å². The Morgan fingerprint density at radius 1 is 1.37 bits per heavy atom. The number of ether oxygens (including phenoxy) is 1. The number of hydrogen-bond donors (Lipinski definition) is 2. The van der Waals surface area contributed by atoms with E-state index in [4.69, 9.17) is 9.90 Å². The van der Waals surface area contributed by atoms with Gasteiger partial charge < -0.3 is 15.2 Å². The van der Waals surface area contributed by atoms with E-state index in [1.54, 1.807) is 0 Å². The Hall–Kier alpha value is -1.64. The molecule has 0 spiro atoms. The zero-order valence-corrected chi connectivity index (χ0v) is 10.1. The number of carbonyl (C=O) groups is 3. The molecule has 6 nitrogen and oxygen atoms in total. The number of rotatable bonds is 3. The highest BCUT2D eigenvalue weighted by Gasteiger charge is 2.38. The van der Waals surface area contributed by atoms with Gasteiger partial charge >= 0.3 is 18.1 Å². The van der Waals surface area contributed by atoms with Crippen LogP contribution in [0.5, 0.6) is 0 Å². The second kappa shape index (κ2) is 7.72. The first-order valence-electron chi connectivity index (χ1n) is 5.34. The van der Waals surface area contributed by atoms with Crippen molar-refractivity contribution < 1.29 is 37.4 Å². The topological polar surface area (TPSA) is 92.7 Å². The number of carboxylic acid groups (broad SMARTS) is 1. The smallest absolute Gasteiger partial charge is 0.475 e. The van der Waals surface area contributed by atoms with Gasteiger partial charge in [0, 0.05) is 6.92 Å². The summed E-state index contributed by atoms with van der Waals surface area (Å²) in [5.74, 6) is -3.18. The minimum absolute atomic E-state index is 0.0253. The van der Waals surface area contributed by atoms with Gasteiger partial charge in [-0.15, -0.1) is 0 Å². The fourth-order valence-electron chi connectivity index (χ4n) is 1.23. The van der Waals surface area contributed by atoms with E-state index in [1.165, 1.54) is 6.92 Å². The zero-order valence-electron chi connectivity index (χ0n) is 10.1. The molecule has 0 bridgehead atoms. The molecule has 0 aromatic heterocycles. The Kier molecular flexibility index (Phi) is 7.05. The summed E-state index contributed by atoms with van der Waals surface area (Å²) in [7, 11) is 0. The maximum Gasteiger partial charge on any atom is 0.490 e. The predicted molar refractivity (Wildman–Crippen MR) is 56.4 cm³/mol. The highest BCUT2D eigenvalue weighted by Crippen LogP contribution is 2.13. The monoisotopic (exact) mass is 285 g/mol. The molecule has 1 atom stereocenters. The van der Waals surface area contributed by atoms with Crippen molar-refractivity contribution in [2.24, 2.45) is 0 Å². The number of nitrogens with one attached hydrogen (secondary N) is 1. The lowest BCUT2D eigenvalue weighted by atomic mass is 10.1. The van der Waals surface area contributed by atoms with Crippen molar-refractivity contribution >= 4 is 17.7 Å². The molecule has 0 aromatic rings. The molecule has 110 valence electrons. The molecule has 1 heterocycles. The largest absolute Gasteiger partial charge is 0.490 e. The molecular weight excluding hydrogens is 271 g/mol. The molecule has 1 aliphatic heterocycles. The third-order valence-corrected chi connectivity index (χ3v) is 2.11. The van der Waals surface area contributed by atoms with Gasteiger partial charge in [-0.1, -0.05) is 0 Å². The van der Waals surface area contributed by atoms with Crippen LogP contribution in [0.4, 0.5) is 13.2 Å². The second-order valence-electron chi connectivity index (χ2n) is 3.70. The van der Waals surface area contributed by atoms with Crippen LogP contribution >= 0.6 is 0 Å². The number of halogens is 3. The molecule has 1 fully saturated rings. The summed E-state index contributed by atoms with van der Waals surface area (Å²) in [5.41, 5.74) is 0. The summed E-state index contributed by atoms with van der Waals surface area (Å²) >= 11 is 0. The lowest BCUT2D eigenvalue weighted by Gasteiger charge is -2.07. The third kappa shape index (κ3) is 8.14. The van der Waals surface area contributed by atoms with Gasteiger partial charge in [-0.25, -0.2) is 4.79 Å². The van der Waals surface area contributed by atoms with Crippen molar-refractivity contribution in [3.05, 3.63) is 0 Å². The van der Waals surface area contributed by atoms with Crippen molar-refractivity contribution in [2.45, 2.75) is 32.0 Å². The zero-order chi connectivity index (χ0) is 15.1. The third-order valence-electron chi connectivity index (χ3n) is 2.11. The minimum atomic E-state index is -5.08. The summed E-state index contributed by atoms with van der Waals surface area (Å²) in [6.45, 7) is 2.10. The van der Waals surface area contributed by atoms with Gasteiger partial charge in [0.1, 0.15) is 0 Å². The van der Waals surface area contributed by atoms with Crippen LogP contribution in [-0.2, 0) is 19.1 Å². The van der Waals surface area contributed by atoms with Gasteiger partial charge in [-0.05, 0) is 19.4 Å². The fourth-order valence-corrected chi connectivity index (χ4v) is 1.23. The molecule has 0 radical (unpaired) electrons. The van der Waals surface area contributed by atoms with Crippen LogP contribution in [0.25, 0.3) is 0 Å². The number of alkyl halides is 3. The lowest BCUT2D eigenvalue weighted by molar-refractivity contribution is -0.192. The Morgan fingerprint density at radius 3 is 2.21 bits per heavy atom. The van der Waals surface area contributed by atoms with Crippen LogP contribution in [0.15, 0.2) is 0 Å². The number of carbonyl (C=O) groups excluding carboxylic acids is 2. The van der Waals surface area contributed by atoms with Gasteiger partial charge in [0.05, 0.1) is 6.04 Å². The number of hydrogen-bond acceptors (Lipinski definition) is 5. The van der Waals surface area contributed by atoms with Crippen LogP contribution in [0.1, 0.15) is 19.8 Å². The minimum Gasteiger partial charge on any atom is -0.475 e. The van der Waals surface area contributed by atoms with Crippen LogP contribution in [0, 0.1) is 0 Å². The average Bonchev–Trinajstić information content (AvgIpc) is 2.78. The van der Waals surface area contributed by atoms with Crippen molar-refractivity contribution in [3.63, 3.8) is 0 Å². The second-order valence-corrected chi connectivity index (χ2v) is 3.70. The van der Waals surface area contributed by atoms with E-state index in [0.29, 0.717) is 0 Å². The highest BCUT2D eigenvalue weighted by molar-refractivity contribution is 5.86. The highest BCUT2D eigenvalue weighted by atomic mass is 19.4. The SMILES string of the molecule is CC(=O)OCC(=O)[C@@H]1CCCN1.O=C(O)C(F)(F)F. The maximum atomic E-state index is 11.2. The van der Waals surface area contributed by atoms with Gasteiger partial charge in [-0.3, -0.25) is 9.59 Å². The summed E-state index contributed by atoms with van der Waals surface area (Å²) in [4.78, 5) is 30.5. The first kappa shape index (κ1) is 17.4. The molecular formula is C10H14F3NO5. The van der Waals surface area contributed by atoms with Crippen LogP contribution in [0.2, 0.25) is 0 Å². The summed E-state index contributed by atoms with van der Waals surface area (Å²) in [5, 5.41) is 10.2. The van der Waals surface area contributed by atoms with E-state index < -0.39 is 18.1 Å². The molecule has 1 rings (SSSR count). The molecule has 0 unspecified atom stereocenters. The molecule has 9 heteroatoms. The molecule has 2 N–H and O–H groups in total. The Bertz CT molecular complexity index is 337. The summed E-state index contributed by atoms with van der Waals surface area (Å²) in [6.07, 6.45) is -3.20. The Morgan fingerprint density at radius 2 is 1.89 bits per heavy atom. The van der Waals surface area contributed by atoms with E-state index in [9.17, 15) is 22.8 Å². The van der Waals surface area contributed by atoms with Crippen molar-refractivity contribution in [1.29, 1.82) is 0 Å². The molecule has 0 aliphatic carbocycles. The number of carboxylic acids is 1. The molecule has 1 saturated heterocycles. The van der Waals surface area contributed by atoms with E-state index in [0.717, 1.165) is 19.4 Å². The Labute approximate surface area is 106 Å². The van der Waals surface area contributed by atoms with Crippen LogP contribution in [0.3, 0.4) is 0 Å². The van der Waals surface area contributed by atoms with Crippen molar-refractivity contribution in [3.8, 4) is 0 Å². The maximum absolute atomic E-state index is 11.2. The van der Waals surface area contributed by atoms with Crippen molar-refractivity contribution in [2.75, 3.05) is 13.2 Å². The molecule has 0 amide bonds. The van der Waals surface area contributed by atoms with Crippen molar-refractivity contribution in [1.82, 2.24) is 5.32 Å². The normalized spacial score (nSPS) is 18.2. The molecule has 19 heavy (non-hydrogen) atoms. The molecule has 0 aromatic carbocycles. The number of Topliss-reactive ketones (excluding diaryl/α,β-unsaturated/α-hetero) is 1. The number of esters is 1. The quantitative estimate of drug-likeness (QED) is 0.734. The first-order chi connectivity index (χ1) is 8.64. The number of aliphatic carboxylic acids is 1. The van der Waals surface area contributed by atoms with E-state index in [-0.39, 0.29) is 18.4 Å². The summed E-state index contributed by atoms with van der Waals surface area (Å²) in [6, 6.07) is -0.0932. The van der Waals surface area contributed by atoms with Crippen LogP contribution < -0.4 is 5.32 Å². The van der Waals surface area contributed by atoms with Gasteiger partial charge in [0.25, 0.3) is 0 Å². The summed E-state index contributed by atoms with van der Waals surface area (Å²) < 4.78 is 36.3. The predicted octanol–water partition coefficient (Wildman–Crippen LogP) is 0.504. The van der Waals surface area contributed by atoms with E-state index >= 15 is 0 Å². The van der Waals surface area contributed by atoms with E-state index in [2.05, 4.69) is 10.1 Å². The number of ketones is 1. The fraction of sp³-hybridized carbons (Fsp3) is 0.700. The van der Waals surface area contributed by atoms with Gasteiger partial charge in [0.2, 0.25) is 0 Å². The van der Waals surface area contributed by atoms with E-state index in [1.807, 2.05) is 0 Å². The molecule has 0 saturated carbocycles. The molecule has 1 aliphatic rings. The average molecular weight is 285 g/mol. The first-order valence-corrected chi connectivity index (χ1v) is 5.34. The Balaban J connectivity index is 0.000000399. The van der Waals surface area contributed by atoms with Gasteiger partial charge in [-0.2, -0.15) is 13.2 Å². The lowest BCUT2D eigenvalue weighted by Crippen LogP contribution is -2.33. The van der Waals surface area contributed by atoms with Crippen LogP contribution in [-0.4, -0.2) is 48.2 Å². The standard InChI is InChI=1S/C8H13NO3.C2HF3O2/c1-6(10)12-5-8(11)7-3-2-4-9-7;3-2(4,5)1(6)7/h7,9H,2-5H2,1H3;(H,6,7)/t7-;/m0./s1.